The van der Waals surface area contributed by atoms with Crippen LogP contribution in [0.2, 0.25) is 0 Å². The van der Waals surface area contributed by atoms with Crippen molar-refractivity contribution in [3.05, 3.63) is 34.9 Å². The summed E-state index contributed by atoms with van der Waals surface area (Å²) in [6, 6.07) is 3.19. The van der Waals surface area contributed by atoms with Gasteiger partial charge in [0.2, 0.25) is 5.95 Å². The third-order valence-corrected chi connectivity index (χ3v) is 10.5. The molecule has 10 atom stereocenters. The van der Waals surface area contributed by atoms with E-state index in [1.165, 1.54) is 17.0 Å². The molecule has 7 heterocycles. The van der Waals surface area contributed by atoms with Gasteiger partial charge in [-0.05, 0) is 23.9 Å². The van der Waals surface area contributed by atoms with Crippen molar-refractivity contribution in [1.29, 1.82) is 0 Å². The minimum absolute atomic E-state index is 0.203. The summed E-state index contributed by atoms with van der Waals surface area (Å²) in [5.41, 5.74) is 11.2. The molecule has 0 aliphatic carbocycles. The Morgan fingerprint density at radius 1 is 1.07 bits per heavy atom. The highest BCUT2D eigenvalue weighted by Crippen LogP contribution is 2.58. The number of thiol groups is 1. The summed E-state index contributed by atoms with van der Waals surface area (Å²) in [7, 11) is 0. The second-order valence-corrected chi connectivity index (χ2v) is 15.9. The molecule has 7 rings (SSSR count). The lowest BCUT2D eigenvalue weighted by Crippen LogP contribution is -2.34. The summed E-state index contributed by atoms with van der Waals surface area (Å²) in [6.45, 7) is -10.2. The van der Waals surface area contributed by atoms with E-state index in [0.29, 0.717) is 16.7 Å². The Balaban J connectivity index is 1.21. The highest BCUT2D eigenvalue weighted by atomic mass is 32.7. The zero-order chi connectivity index (χ0) is 31.8. The first-order chi connectivity index (χ1) is 21.3. The molecule has 0 saturated carbocycles. The Bertz CT molecular complexity index is 1950. The molecular weight excluding hydrogens is 686 g/mol. The van der Waals surface area contributed by atoms with Crippen molar-refractivity contribution in [2.45, 2.75) is 49.2 Å². The number of H-pyrrole nitrogens is 1. The van der Waals surface area contributed by atoms with Gasteiger partial charge in [-0.15, -0.1) is 5.10 Å². The number of nitrogens with zero attached hydrogens (tertiary/aromatic N) is 6. The average molecular weight is 710 g/mol. The fraction of sp³-hybridized carbons (Fsp3) is 0.476. The van der Waals surface area contributed by atoms with Crippen LogP contribution in [0.25, 0.3) is 22.2 Å². The number of hydrogen-bond acceptors (Lipinski definition) is 15. The van der Waals surface area contributed by atoms with Crippen LogP contribution in [0.4, 0.5) is 20.4 Å². The number of fused-ring (bicyclic) bond motifs is 5. The minimum atomic E-state index is -4.50. The molecule has 3 aliphatic rings. The molecule has 4 aromatic rings. The predicted octanol–water partition coefficient (Wildman–Crippen LogP) is 1.27. The van der Waals surface area contributed by atoms with E-state index in [2.05, 4.69) is 37.5 Å². The van der Waals surface area contributed by atoms with Crippen molar-refractivity contribution in [2.75, 3.05) is 24.7 Å². The number of halogens is 2. The molecule has 3 fully saturated rings. The Labute approximate surface area is 260 Å². The SMILES string of the molecule is Nc1nc2c(nnn2[C@@H]2O[C@@H]3COP(O)(=S)O[C@H]4[C@H](F)[C@H](n5ccc6c(N)ccnc65)O[C@@H]4COP(=O)(S)O[C@@H]2[C@H]3F)c(=O)[nH]1. The molecule has 0 spiro atoms. The van der Waals surface area contributed by atoms with E-state index >= 15 is 8.78 Å². The normalized spacial score (nSPS) is 37.7. The van der Waals surface area contributed by atoms with E-state index in [-0.39, 0.29) is 17.1 Å². The number of rotatable bonds is 2. The van der Waals surface area contributed by atoms with Crippen LogP contribution in [0.3, 0.4) is 0 Å². The minimum Gasteiger partial charge on any atom is -0.398 e. The van der Waals surface area contributed by atoms with E-state index in [0.717, 1.165) is 4.68 Å². The zero-order valence-electron chi connectivity index (χ0n) is 22.4. The summed E-state index contributed by atoms with van der Waals surface area (Å²) in [5.74, 6) is -0.297. The largest absolute Gasteiger partial charge is 0.398 e. The van der Waals surface area contributed by atoms with Gasteiger partial charge in [0, 0.05) is 23.5 Å². The van der Waals surface area contributed by atoms with Crippen LogP contribution in [0, 0.1) is 0 Å². The Morgan fingerprint density at radius 3 is 2.62 bits per heavy atom. The van der Waals surface area contributed by atoms with Gasteiger partial charge in [-0.2, -0.15) is 9.67 Å². The molecule has 0 aromatic carbocycles. The number of ether oxygens (including phenoxy) is 2. The molecule has 18 nitrogen and oxygen atoms in total. The Kier molecular flexibility index (Phi) is 7.76. The summed E-state index contributed by atoms with van der Waals surface area (Å²) in [6.07, 6.45) is -10.4. The first-order valence-electron chi connectivity index (χ1n) is 13.0. The van der Waals surface area contributed by atoms with Crippen molar-refractivity contribution in [1.82, 2.24) is 34.5 Å². The van der Waals surface area contributed by atoms with E-state index < -0.39 is 81.5 Å². The molecule has 45 heavy (non-hydrogen) atoms. The van der Waals surface area contributed by atoms with Crippen molar-refractivity contribution in [3.63, 3.8) is 0 Å². The summed E-state index contributed by atoms with van der Waals surface area (Å²) in [5, 5.41) is 8.08. The van der Waals surface area contributed by atoms with Gasteiger partial charge in [0.1, 0.15) is 30.1 Å². The standard InChI is InChI=1S/C21H23F2N9O9P2S2/c22-11-9-5-36-42(34,44)40-14-10(39-19(12(14)23)31-4-2-7-8(24)1-3-26-16(7)31)6-37-43(35,45)41-15(11)20(38-9)32-17-13(29-30-32)18(33)28-21(25)27-17/h1-4,9-12,14-15,19-20H,5-6H2,(H2,24,26)(H,34,44)(H,35,45)(H3,25,27,28,33)/t9-,10-,11+,12+,14-,15-,19-,20-,42?,43?/m1/s1. The average Bonchev–Trinajstić information content (AvgIpc) is 3.72. The van der Waals surface area contributed by atoms with Crippen LogP contribution in [-0.2, 0) is 43.9 Å². The van der Waals surface area contributed by atoms with Gasteiger partial charge >= 0.3 is 13.5 Å². The van der Waals surface area contributed by atoms with E-state index in [9.17, 15) is 14.3 Å². The van der Waals surface area contributed by atoms with Crippen LogP contribution >= 0.6 is 25.8 Å². The lowest BCUT2D eigenvalue weighted by molar-refractivity contribution is -0.0619. The molecule has 0 amide bonds. The van der Waals surface area contributed by atoms with Gasteiger partial charge in [0.05, 0.1) is 13.2 Å². The van der Waals surface area contributed by atoms with Crippen LogP contribution < -0.4 is 17.0 Å². The molecule has 0 radical (unpaired) electrons. The van der Waals surface area contributed by atoms with Gasteiger partial charge in [-0.1, -0.05) is 17.5 Å². The smallest absolute Gasteiger partial charge is 0.386 e. The number of pyridine rings is 1. The van der Waals surface area contributed by atoms with Gasteiger partial charge in [0.15, 0.2) is 36.0 Å². The van der Waals surface area contributed by atoms with E-state index in [1.807, 2.05) is 0 Å². The lowest BCUT2D eigenvalue weighted by Gasteiger charge is -2.26. The second kappa shape index (κ2) is 11.3. The molecular formula is C21H23F2N9O9P2S2. The molecule has 242 valence electrons. The number of nitrogens with one attached hydrogen (secondary N) is 1. The number of hydrogen-bond donors (Lipinski definition) is 5. The van der Waals surface area contributed by atoms with Crippen LogP contribution in [-0.4, -0.2) is 89.4 Å². The third-order valence-electron chi connectivity index (χ3n) is 7.36. The topological polar surface area (TPSA) is 239 Å². The zero-order valence-corrected chi connectivity index (χ0v) is 25.9. The van der Waals surface area contributed by atoms with Gasteiger partial charge in [-0.3, -0.25) is 23.3 Å². The number of aromatic nitrogens is 7. The Morgan fingerprint density at radius 2 is 1.82 bits per heavy atom. The molecule has 2 unspecified atom stereocenters. The van der Waals surface area contributed by atoms with Gasteiger partial charge in [0.25, 0.3) is 5.56 Å². The number of anilines is 2. The summed E-state index contributed by atoms with van der Waals surface area (Å²) < 4.78 is 81.0. The maximum atomic E-state index is 16.0. The fourth-order valence-corrected chi connectivity index (χ4v) is 8.22. The van der Waals surface area contributed by atoms with Crippen molar-refractivity contribution in [3.8, 4) is 0 Å². The van der Waals surface area contributed by atoms with Crippen molar-refractivity contribution in [2.24, 2.45) is 0 Å². The Hall–Kier alpha value is -2.62. The number of nitrogens with two attached hydrogens (primary N) is 2. The molecule has 4 aromatic heterocycles. The first kappa shape index (κ1) is 31.0. The van der Waals surface area contributed by atoms with E-state index in [1.54, 1.807) is 12.1 Å². The molecule has 3 aliphatic heterocycles. The van der Waals surface area contributed by atoms with Gasteiger partial charge in [-0.25, -0.2) is 18.3 Å². The predicted molar refractivity (Wildman–Crippen MR) is 157 cm³/mol. The number of nitrogen functional groups attached to an aromatic ring is 2. The quantitative estimate of drug-likeness (QED) is 0.145. The molecule has 3 saturated heterocycles. The van der Waals surface area contributed by atoms with Gasteiger partial charge < -0.3 is 34.9 Å². The van der Waals surface area contributed by atoms with Crippen LogP contribution in [0.5, 0.6) is 0 Å². The van der Waals surface area contributed by atoms with Crippen LogP contribution in [0.15, 0.2) is 29.3 Å². The van der Waals surface area contributed by atoms with Crippen molar-refractivity contribution < 1.29 is 45.8 Å². The summed E-state index contributed by atoms with van der Waals surface area (Å²) in [4.78, 5) is 33.6. The fourth-order valence-electron chi connectivity index (χ4n) is 5.33. The summed E-state index contributed by atoms with van der Waals surface area (Å²) >= 11 is 9.11. The maximum absolute atomic E-state index is 16.0. The molecule has 24 heteroatoms. The first-order valence-corrected chi connectivity index (χ1v) is 18.3. The number of aromatic amines is 1. The third kappa shape index (κ3) is 5.57. The number of alkyl halides is 2. The molecule has 6 N–H and O–H groups in total. The monoisotopic (exact) mass is 709 g/mol. The highest BCUT2D eigenvalue weighted by molar-refractivity contribution is 8.44. The molecule has 2 bridgehead atoms. The highest BCUT2D eigenvalue weighted by Gasteiger charge is 2.54. The van der Waals surface area contributed by atoms with E-state index in [4.69, 9.17) is 50.8 Å². The second-order valence-electron chi connectivity index (χ2n) is 10.2. The van der Waals surface area contributed by atoms with Crippen molar-refractivity contribution >= 4 is 71.4 Å². The maximum Gasteiger partial charge on any atom is 0.386 e. The lowest BCUT2D eigenvalue weighted by atomic mass is 10.1. The van der Waals surface area contributed by atoms with Crippen LogP contribution in [0.1, 0.15) is 12.5 Å².